The monoisotopic (exact) mass is 204 g/mol. The second-order valence-electron chi connectivity index (χ2n) is 4.86. The highest BCUT2D eigenvalue weighted by Crippen LogP contribution is 2.44. The van der Waals surface area contributed by atoms with Crippen LogP contribution < -0.4 is 5.73 Å². The average Bonchev–Trinajstić information content (AvgIpc) is 3.00. The lowest BCUT2D eigenvalue weighted by Gasteiger charge is -2.22. The summed E-state index contributed by atoms with van der Waals surface area (Å²) in [6.45, 7) is 3.01. The van der Waals surface area contributed by atoms with Crippen LogP contribution in [0, 0.1) is 5.41 Å². The van der Waals surface area contributed by atoms with Crippen LogP contribution >= 0.6 is 0 Å². The van der Waals surface area contributed by atoms with Crippen LogP contribution in [0.1, 0.15) is 18.4 Å². The van der Waals surface area contributed by atoms with Gasteiger partial charge < -0.3 is 10.6 Å². The minimum atomic E-state index is 0.448. The van der Waals surface area contributed by atoms with Crippen LogP contribution in [0.15, 0.2) is 30.3 Å². The average molecular weight is 204 g/mol. The number of nitrogens with zero attached hydrogens (tertiary/aromatic N) is 1. The van der Waals surface area contributed by atoms with E-state index < -0.39 is 0 Å². The fourth-order valence-electron chi connectivity index (χ4n) is 2.13. The van der Waals surface area contributed by atoms with Crippen LogP contribution in [0.4, 0.5) is 0 Å². The molecule has 1 fully saturated rings. The summed E-state index contributed by atoms with van der Waals surface area (Å²) in [6, 6.07) is 10.6. The summed E-state index contributed by atoms with van der Waals surface area (Å²) in [5.41, 5.74) is 7.61. The Morgan fingerprint density at radius 3 is 2.47 bits per heavy atom. The van der Waals surface area contributed by atoms with Gasteiger partial charge in [-0.05, 0) is 37.4 Å². The Labute approximate surface area is 92.1 Å². The van der Waals surface area contributed by atoms with Gasteiger partial charge in [0.05, 0.1) is 0 Å². The first kappa shape index (κ1) is 10.7. The minimum Gasteiger partial charge on any atom is -0.330 e. The first-order chi connectivity index (χ1) is 7.24. The molecule has 0 unspecified atom stereocenters. The molecule has 2 rings (SSSR count). The number of rotatable bonds is 5. The SMILES string of the molecule is CN(Cc1ccccc1)CC1(CN)CC1. The molecule has 0 aliphatic heterocycles. The van der Waals surface area contributed by atoms with E-state index in [4.69, 9.17) is 5.73 Å². The Balaban J connectivity index is 1.85. The number of benzene rings is 1. The van der Waals surface area contributed by atoms with Gasteiger partial charge in [0.15, 0.2) is 0 Å². The summed E-state index contributed by atoms with van der Waals surface area (Å²) in [6.07, 6.45) is 2.62. The zero-order valence-electron chi connectivity index (χ0n) is 9.45. The molecule has 2 heteroatoms. The largest absolute Gasteiger partial charge is 0.330 e. The van der Waals surface area contributed by atoms with E-state index in [9.17, 15) is 0 Å². The zero-order chi connectivity index (χ0) is 10.7. The van der Waals surface area contributed by atoms with E-state index in [0.29, 0.717) is 5.41 Å². The van der Waals surface area contributed by atoms with Gasteiger partial charge in [-0.25, -0.2) is 0 Å². The fourth-order valence-corrected chi connectivity index (χ4v) is 2.13. The summed E-state index contributed by atoms with van der Waals surface area (Å²) in [5.74, 6) is 0. The number of hydrogen-bond acceptors (Lipinski definition) is 2. The second-order valence-corrected chi connectivity index (χ2v) is 4.86. The van der Waals surface area contributed by atoms with Crippen molar-refractivity contribution in [2.45, 2.75) is 19.4 Å². The molecule has 1 saturated carbocycles. The summed E-state index contributed by atoms with van der Waals surface area (Å²) in [5, 5.41) is 0. The highest BCUT2D eigenvalue weighted by atomic mass is 15.1. The Morgan fingerprint density at radius 2 is 1.93 bits per heavy atom. The van der Waals surface area contributed by atoms with Gasteiger partial charge in [0.2, 0.25) is 0 Å². The highest BCUT2D eigenvalue weighted by molar-refractivity contribution is 5.14. The molecule has 2 nitrogen and oxygen atoms in total. The second kappa shape index (κ2) is 4.33. The Bertz CT molecular complexity index is 304. The summed E-state index contributed by atoms with van der Waals surface area (Å²) in [7, 11) is 2.18. The van der Waals surface area contributed by atoms with Crippen molar-refractivity contribution < 1.29 is 0 Å². The third-order valence-electron chi connectivity index (χ3n) is 3.29. The molecule has 0 amide bonds. The van der Waals surface area contributed by atoms with Gasteiger partial charge in [0.25, 0.3) is 0 Å². The first-order valence-corrected chi connectivity index (χ1v) is 5.67. The minimum absolute atomic E-state index is 0.448. The van der Waals surface area contributed by atoms with Crippen molar-refractivity contribution >= 4 is 0 Å². The number of hydrogen-bond donors (Lipinski definition) is 1. The summed E-state index contributed by atoms with van der Waals surface area (Å²) in [4.78, 5) is 2.38. The molecule has 0 atom stereocenters. The predicted molar refractivity (Wildman–Crippen MR) is 63.5 cm³/mol. The van der Waals surface area contributed by atoms with Crippen LogP contribution in [-0.2, 0) is 6.54 Å². The fraction of sp³-hybridized carbons (Fsp3) is 0.538. The van der Waals surface area contributed by atoms with E-state index in [1.807, 2.05) is 0 Å². The van der Waals surface area contributed by atoms with Gasteiger partial charge in [-0.3, -0.25) is 0 Å². The maximum atomic E-state index is 5.78. The van der Waals surface area contributed by atoms with Crippen LogP contribution in [0.5, 0.6) is 0 Å². The predicted octanol–water partition coefficient (Wildman–Crippen LogP) is 1.86. The molecule has 82 valence electrons. The Kier molecular flexibility index (Phi) is 3.08. The van der Waals surface area contributed by atoms with Crippen LogP contribution in [0.25, 0.3) is 0 Å². The molecule has 0 heterocycles. The lowest BCUT2D eigenvalue weighted by atomic mass is 10.1. The van der Waals surface area contributed by atoms with Crippen molar-refractivity contribution in [1.29, 1.82) is 0 Å². The van der Waals surface area contributed by atoms with Crippen LogP contribution in [-0.4, -0.2) is 25.0 Å². The van der Waals surface area contributed by atoms with Gasteiger partial charge in [0, 0.05) is 13.1 Å². The molecule has 15 heavy (non-hydrogen) atoms. The van der Waals surface area contributed by atoms with Gasteiger partial charge >= 0.3 is 0 Å². The van der Waals surface area contributed by atoms with E-state index in [2.05, 4.69) is 42.3 Å². The van der Waals surface area contributed by atoms with E-state index in [1.165, 1.54) is 18.4 Å². The molecular formula is C13H20N2. The third-order valence-corrected chi connectivity index (χ3v) is 3.29. The molecule has 0 radical (unpaired) electrons. The quantitative estimate of drug-likeness (QED) is 0.793. The van der Waals surface area contributed by atoms with Crippen LogP contribution in [0.2, 0.25) is 0 Å². The van der Waals surface area contributed by atoms with Crippen LogP contribution in [0.3, 0.4) is 0 Å². The molecule has 0 bridgehead atoms. The normalized spacial score (nSPS) is 18.1. The lowest BCUT2D eigenvalue weighted by molar-refractivity contribution is 0.259. The molecule has 2 N–H and O–H groups in total. The van der Waals surface area contributed by atoms with Gasteiger partial charge in [0.1, 0.15) is 0 Å². The molecule has 1 aromatic rings. The topological polar surface area (TPSA) is 29.3 Å². The smallest absolute Gasteiger partial charge is 0.0230 e. The van der Waals surface area contributed by atoms with Crippen molar-refractivity contribution in [3.05, 3.63) is 35.9 Å². The van der Waals surface area contributed by atoms with E-state index in [-0.39, 0.29) is 0 Å². The summed E-state index contributed by atoms with van der Waals surface area (Å²) < 4.78 is 0. The van der Waals surface area contributed by atoms with Crippen molar-refractivity contribution in [3.63, 3.8) is 0 Å². The van der Waals surface area contributed by atoms with Crippen molar-refractivity contribution in [1.82, 2.24) is 4.90 Å². The molecule has 1 aromatic carbocycles. The molecule has 0 aromatic heterocycles. The van der Waals surface area contributed by atoms with E-state index in [1.54, 1.807) is 0 Å². The van der Waals surface area contributed by atoms with Crippen molar-refractivity contribution in [2.75, 3.05) is 20.1 Å². The summed E-state index contributed by atoms with van der Waals surface area (Å²) >= 11 is 0. The van der Waals surface area contributed by atoms with Gasteiger partial charge in [-0.2, -0.15) is 0 Å². The maximum Gasteiger partial charge on any atom is 0.0230 e. The molecule has 1 aliphatic carbocycles. The molecule has 0 saturated heterocycles. The van der Waals surface area contributed by atoms with Gasteiger partial charge in [-0.15, -0.1) is 0 Å². The molecule has 0 spiro atoms. The van der Waals surface area contributed by atoms with E-state index >= 15 is 0 Å². The maximum absolute atomic E-state index is 5.78. The number of nitrogens with two attached hydrogens (primary N) is 1. The van der Waals surface area contributed by atoms with E-state index in [0.717, 1.165) is 19.6 Å². The first-order valence-electron chi connectivity index (χ1n) is 5.67. The third kappa shape index (κ3) is 2.80. The van der Waals surface area contributed by atoms with Crippen molar-refractivity contribution in [3.8, 4) is 0 Å². The van der Waals surface area contributed by atoms with Gasteiger partial charge in [-0.1, -0.05) is 30.3 Å². The Hall–Kier alpha value is -0.860. The van der Waals surface area contributed by atoms with Crippen molar-refractivity contribution in [2.24, 2.45) is 11.1 Å². The Morgan fingerprint density at radius 1 is 1.27 bits per heavy atom. The standard InChI is InChI=1S/C13H20N2/c1-15(11-13(10-14)7-8-13)9-12-5-3-2-4-6-12/h2-6H,7-11,14H2,1H3. The molecular weight excluding hydrogens is 184 g/mol. The highest BCUT2D eigenvalue weighted by Gasteiger charge is 2.41. The molecule has 1 aliphatic rings. The zero-order valence-corrected chi connectivity index (χ0v) is 9.45. The lowest BCUT2D eigenvalue weighted by Crippen LogP contribution is -2.31.